The second-order valence-electron chi connectivity index (χ2n) is 6.45. The van der Waals surface area contributed by atoms with Crippen LogP contribution in [0.2, 0.25) is 0 Å². The predicted molar refractivity (Wildman–Crippen MR) is 80.1 cm³/mol. The zero-order chi connectivity index (χ0) is 14.6. The highest BCUT2D eigenvalue weighted by Gasteiger charge is 2.46. The van der Waals surface area contributed by atoms with Gasteiger partial charge in [0.2, 0.25) is 5.95 Å². The molecule has 0 saturated carbocycles. The van der Waals surface area contributed by atoms with Gasteiger partial charge in [-0.05, 0) is 19.9 Å². The predicted octanol–water partition coefficient (Wildman–Crippen LogP) is 0.403. The van der Waals surface area contributed by atoms with Gasteiger partial charge in [-0.1, -0.05) is 0 Å². The SMILES string of the molecule is CN1C[C@@H]2c3nc(N4CCCC4)ncc3CS(=O)(=O)[C@@H]2C1. The van der Waals surface area contributed by atoms with Crippen LogP contribution in [0.4, 0.5) is 5.95 Å². The van der Waals surface area contributed by atoms with Crippen molar-refractivity contribution in [3.63, 3.8) is 0 Å². The summed E-state index contributed by atoms with van der Waals surface area (Å²) in [5.41, 5.74) is 1.77. The van der Waals surface area contributed by atoms with Crippen molar-refractivity contribution in [3.05, 3.63) is 17.5 Å². The molecule has 114 valence electrons. The third kappa shape index (κ3) is 2.14. The van der Waals surface area contributed by atoms with Gasteiger partial charge in [-0.3, -0.25) is 0 Å². The Balaban J connectivity index is 1.77. The van der Waals surface area contributed by atoms with Crippen LogP contribution in [0.25, 0.3) is 0 Å². The molecule has 1 aromatic heterocycles. The molecular weight excluding hydrogens is 288 g/mol. The van der Waals surface area contributed by atoms with Gasteiger partial charge in [0.05, 0.1) is 16.7 Å². The molecule has 2 fully saturated rings. The smallest absolute Gasteiger partial charge is 0.225 e. The van der Waals surface area contributed by atoms with Crippen molar-refractivity contribution in [2.24, 2.45) is 0 Å². The van der Waals surface area contributed by atoms with Crippen LogP contribution in [0.15, 0.2) is 6.20 Å². The maximum atomic E-state index is 12.4. The normalized spacial score (nSPS) is 31.2. The number of hydrogen-bond donors (Lipinski definition) is 0. The maximum Gasteiger partial charge on any atom is 0.225 e. The minimum Gasteiger partial charge on any atom is -0.341 e. The Morgan fingerprint density at radius 3 is 2.76 bits per heavy atom. The number of aromatic nitrogens is 2. The fourth-order valence-electron chi connectivity index (χ4n) is 3.82. The fourth-order valence-corrected chi connectivity index (χ4v) is 5.89. The lowest BCUT2D eigenvalue weighted by Gasteiger charge is -2.27. The minimum absolute atomic E-state index is 0.00750. The lowest BCUT2D eigenvalue weighted by molar-refractivity contribution is 0.410. The first kappa shape index (κ1) is 13.5. The third-order valence-corrected chi connectivity index (χ3v) is 7.01. The second kappa shape index (κ2) is 4.64. The largest absolute Gasteiger partial charge is 0.341 e. The summed E-state index contributed by atoms with van der Waals surface area (Å²) in [6.07, 6.45) is 4.11. The monoisotopic (exact) mass is 308 g/mol. The summed E-state index contributed by atoms with van der Waals surface area (Å²) < 4.78 is 24.8. The van der Waals surface area contributed by atoms with Gasteiger partial charge in [-0.25, -0.2) is 18.4 Å². The standard InChI is InChI=1S/C14H20N4O2S/c1-17-7-11-12(8-17)21(19,20)9-10-6-15-14(16-13(10)11)18-4-2-3-5-18/h6,11-12H,2-5,7-9H2,1H3/t11-,12+/m0/s1. The molecule has 1 aromatic rings. The van der Waals surface area contributed by atoms with Gasteiger partial charge >= 0.3 is 0 Å². The fraction of sp³-hybridized carbons (Fsp3) is 0.714. The molecule has 21 heavy (non-hydrogen) atoms. The van der Waals surface area contributed by atoms with E-state index in [1.807, 2.05) is 7.05 Å². The Labute approximate surface area is 125 Å². The van der Waals surface area contributed by atoms with Crippen LogP contribution in [0.5, 0.6) is 0 Å². The van der Waals surface area contributed by atoms with Crippen molar-refractivity contribution >= 4 is 15.8 Å². The highest BCUT2D eigenvalue weighted by atomic mass is 32.2. The van der Waals surface area contributed by atoms with Crippen LogP contribution < -0.4 is 4.90 Å². The Kier molecular flexibility index (Phi) is 2.97. The molecule has 3 aliphatic heterocycles. The van der Waals surface area contributed by atoms with Crippen molar-refractivity contribution in [2.45, 2.75) is 29.8 Å². The minimum atomic E-state index is -3.07. The number of rotatable bonds is 1. The van der Waals surface area contributed by atoms with E-state index in [0.717, 1.165) is 36.8 Å². The van der Waals surface area contributed by atoms with Gasteiger partial charge in [0, 0.05) is 43.9 Å². The molecule has 0 unspecified atom stereocenters. The molecule has 6 nitrogen and oxygen atoms in total. The van der Waals surface area contributed by atoms with E-state index < -0.39 is 9.84 Å². The number of fused-ring (bicyclic) bond motifs is 3. The van der Waals surface area contributed by atoms with Crippen LogP contribution in [0.1, 0.15) is 30.0 Å². The molecule has 7 heteroatoms. The van der Waals surface area contributed by atoms with Gasteiger partial charge in [-0.15, -0.1) is 0 Å². The van der Waals surface area contributed by atoms with E-state index in [-0.39, 0.29) is 16.9 Å². The van der Waals surface area contributed by atoms with E-state index in [9.17, 15) is 8.42 Å². The van der Waals surface area contributed by atoms with Gasteiger partial charge < -0.3 is 9.80 Å². The van der Waals surface area contributed by atoms with Crippen LogP contribution in [0, 0.1) is 0 Å². The topological polar surface area (TPSA) is 66.4 Å². The molecule has 3 aliphatic rings. The molecule has 0 N–H and O–H groups in total. The highest BCUT2D eigenvalue weighted by Crippen LogP contribution is 2.39. The van der Waals surface area contributed by atoms with E-state index in [1.165, 1.54) is 12.8 Å². The zero-order valence-corrected chi connectivity index (χ0v) is 13.0. The van der Waals surface area contributed by atoms with E-state index >= 15 is 0 Å². The first-order valence-electron chi connectivity index (χ1n) is 7.55. The molecule has 0 aliphatic carbocycles. The molecule has 0 bridgehead atoms. The summed E-state index contributed by atoms with van der Waals surface area (Å²) in [6.45, 7) is 3.40. The van der Waals surface area contributed by atoms with E-state index in [2.05, 4.69) is 14.8 Å². The summed E-state index contributed by atoms with van der Waals surface area (Å²) in [5.74, 6) is 0.879. The van der Waals surface area contributed by atoms with Crippen LogP contribution in [0.3, 0.4) is 0 Å². The van der Waals surface area contributed by atoms with Crippen molar-refractivity contribution in [1.82, 2.24) is 14.9 Å². The Hall–Kier alpha value is -1.21. The highest BCUT2D eigenvalue weighted by molar-refractivity contribution is 7.91. The molecule has 4 rings (SSSR count). The van der Waals surface area contributed by atoms with Crippen molar-refractivity contribution in [3.8, 4) is 0 Å². The zero-order valence-electron chi connectivity index (χ0n) is 12.2. The van der Waals surface area contributed by atoms with Gasteiger partial charge in [0.25, 0.3) is 0 Å². The number of nitrogens with zero attached hydrogens (tertiary/aromatic N) is 4. The lowest BCUT2D eigenvalue weighted by atomic mass is 10.00. The summed E-state index contributed by atoms with van der Waals surface area (Å²) in [6, 6.07) is 0. The first-order valence-corrected chi connectivity index (χ1v) is 9.27. The number of likely N-dealkylation sites (N-methyl/N-ethyl adjacent to an activating group) is 1. The molecule has 4 heterocycles. The van der Waals surface area contributed by atoms with Crippen molar-refractivity contribution < 1.29 is 8.42 Å². The van der Waals surface area contributed by atoms with Gasteiger partial charge in [0.1, 0.15) is 0 Å². The van der Waals surface area contributed by atoms with Gasteiger partial charge in [0.15, 0.2) is 9.84 Å². The van der Waals surface area contributed by atoms with Gasteiger partial charge in [-0.2, -0.15) is 0 Å². The number of sulfone groups is 1. The number of hydrogen-bond acceptors (Lipinski definition) is 6. The summed E-state index contributed by atoms with van der Waals surface area (Å²) in [7, 11) is -1.09. The average Bonchev–Trinajstić information content (AvgIpc) is 3.07. The Morgan fingerprint density at radius 1 is 1.24 bits per heavy atom. The molecule has 2 atom stereocenters. The molecule has 0 spiro atoms. The van der Waals surface area contributed by atoms with E-state index in [1.54, 1.807) is 6.20 Å². The summed E-state index contributed by atoms with van der Waals surface area (Å²) in [4.78, 5) is 13.5. The maximum absolute atomic E-state index is 12.4. The first-order chi connectivity index (χ1) is 10.0. The van der Waals surface area contributed by atoms with Crippen LogP contribution in [-0.4, -0.2) is 61.8 Å². The summed E-state index contributed by atoms with van der Waals surface area (Å²) >= 11 is 0. The number of likely N-dealkylation sites (tertiary alicyclic amines) is 1. The molecule has 0 aromatic carbocycles. The molecule has 0 amide bonds. The van der Waals surface area contributed by atoms with E-state index in [0.29, 0.717) is 6.54 Å². The molecular formula is C14H20N4O2S. The number of anilines is 1. The van der Waals surface area contributed by atoms with Crippen molar-refractivity contribution in [1.29, 1.82) is 0 Å². The molecule has 2 saturated heterocycles. The molecule has 0 radical (unpaired) electrons. The average molecular weight is 308 g/mol. The lowest BCUT2D eigenvalue weighted by Crippen LogP contribution is -2.35. The quantitative estimate of drug-likeness (QED) is 0.748. The summed E-state index contributed by atoms with van der Waals surface area (Å²) in [5, 5.41) is -0.295. The van der Waals surface area contributed by atoms with E-state index in [4.69, 9.17) is 4.98 Å². The van der Waals surface area contributed by atoms with Crippen molar-refractivity contribution in [2.75, 3.05) is 38.1 Å². The second-order valence-corrected chi connectivity index (χ2v) is 8.67. The Morgan fingerprint density at radius 2 is 2.00 bits per heavy atom. The van der Waals surface area contributed by atoms with Crippen LogP contribution in [-0.2, 0) is 15.6 Å². The Bertz CT molecular complexity index is 670. The third-order valence-electron chi connectivity index (χ3n) is 4.89. The van der Waals surface area contributed by atoms with Crippen LogP contribution >= 0.6 is 0 Å².